The number of amides is 1. The van der Waals surface area contributed by atoms with E-state index in [9.17, 15) is 4.79 Å². The Bertz CT molecular complexity index is 620. The standard InChI is InChI=1S/C14H14N2O2/c1-14(2,8-15)9-16-13(17)11-7-18-12-6-4-3-5-10(11)12/h3-7H,9H2,1-2H3,(H,16,17). The minimum atomic E-state index is -0.574. The number of hydrogen-bond acceptors (Lipinski definition) is 3. The van der Waals surface area contributed by atoms with Gasteiger partial charge in [0.2, 0.25) is 0 Å². The molecule has 1 aromatic carbocycles. The van der Waals surface area contributed by atoms with E-state index in [4.69, 9.17) is 9.68 Å². The smallest absolute Gasteiger partial charge is 0.255 e. The molecule has 0 aliphatic rings. The summed E-state index contributed by atoms with van der Waals surface area (Å²) in [6.45, 7) is 3.86. The molecule has 0 fully saturated rings. The zero-order valence-electron chi connectivity index (χ0n) is 10.4. The number of nitrogens with one attached hydrogen (secondary N) is 1. The maximum absolute atomic E-state index is 12.0. The van der Waals surface area contributed by atoms with Gasteiger partial charge in [0.15, 0.2) is 0 Å². The number of carbonyl (C=O) groups excluding carboxylic acids is 1. The lowest BCUT2D eigenvalue weighted by molar-refractivity contribution is 0.0944. The van der Waals surface area contributed by atoms with Gasteiger partial charge in [0.25, 0.3) is 5.91 Å². The first kappa shape index (κ1) is 12.2. The quantitative estimate of drug-likeness (QED) is 0.899. The summed E-state index contributed by atoms with van der Waals surface area (Å²) in [7, 11) is 0. The fourth-order valence-electron chi connectivity index (χ4n) is 1.59. The van der Waals surface area contributed by atoms with Crippen LogP contribution in [0.3, 0.4) is 0 Å². The molecule has 0 saturated carbocycles. The summed E-state index contributed by atoms with van der Waals surface area (Å²) in [5, 5.41) is 12.4. The van der Waals surface area contributed by atoms with Crippen LogP contribution in [0.2, 0.25) is 0 Å². The van der Waals surface area contributed by atoms with Crippen molar-refractivity contribution in [3.8, 4) is 6.07 Å². The molecule has 4 nitrogen and oxygen atoms in total. The maximum Gasteiger partial charge on any atom is 0.255 e. The molecule has 0 aliphatic carbocycles. The molecule has 1 heterocycles. The average molecular weight is 242 g/mol. The Balaban J connectivity index is 2.18. The van der Waals surface area contributed by atoms with Gasteiger partial charge in [-0.1, -0.05) is 18.2 Å². The van der Waals surface area contributed by atoms with Crippen molar-refractivity contribution < 1.29 is 9.21 Å². The number of nitriles is 1. The van der Waals surface area contributed by atoms with Crippen LogP contribution in [0.4, 0.5) is 0 Å². The van der Waals surface area contributed by atoms with E-state index in [0.29, 0.717) is 17.7 Å². The zero-order valence-corrected chi connectivity index (χ0v) is 10.4. The number of fused-ring (bicyclic) bond motifs is 1. The van der Waals surface area contributed by atoms with E-state index in [0.717, 1.165) is 5.39 Å². The van der Waals surface area contributed by atoms with Crippen LogP contribution in [0.5, 0.6) is 0 Å². The van der Waals surface area contributed by atoms with Crippen LogP contribution >= 0.6 is 0 Å². The van der Waals surface area contributed by atoms with Gasteiger partial charge in [-0.25, -0.2) is 0 Å². The van der Waals surface area contributed by atoms with E-state index < -0.39 is 5.41 Å². The van der Waals surface area contributed by atoms with E-state index in [1.165, 1.54) is 6.26 Å². The van der Waals surface area contributed by atoms with Gasteiger partial charge < -0.3 is 9.73 Å². The Hall–Kier alpha value is -2.28. The van der Waals surface area contributed by atoms with Gasteiger partial charge in [0, 0.05) is 11.9 Å². The van der Waals surface area contributed by atoms with Crippen LogP contribution in [0.25, 0.3) is 11.0 Å². The highest BCUT2D eigenvalue weighted by molar-refractivity contribution is 6.05. The second kappa shape index (κ2) is 4.53. The van der Waals surface area contributed by atoms with E-state index >= 15 is 0 Å². The summed E-state index contributed by atoms with van der Waals surface area (Å²) in [5.74, 6) is -0.219. The SMILES string of the molecule is CC(C)(C#N)CNC(=O)c1coc2ccccc12. The molecule has 0 aliphatic heterocycles. The molecule has 0 spiro atoms. The van der Waals surface area contributed by atoms with E-state index in [1.807, 2.05) is 24.3 Å². The van der Waals surface area contributed by atoms with Crippen molar-refractivity contribution in [2.45, 2.75) is 13.8 Å². The lowest BCUT2D eigenvalue weighted by atomic mass is 9.96. The molecule has 0 saturated heterocycles. The average Bonchev–Trinajstić information content (AvgIpc) is 2.80. The molecule has 18 heavy (non-hydrogen) atoms. The summed E-state index contributed by atoms with van der Waals surface area (Å²) in [6, 6.07) is 9.50. The van der Waals surface area contributed by atoms with Gasteiger partial charge in [-0.2, -0.15) is 5.26 Å². The second-order valence-corrected chi connectivity index (χ2v) is 4.82. The third-order valence-electron chi connectivity index (χ3n) is 2.72. The number of nitrogens with zero attached hydrogens (tertiary/aromatic N) is 1. The summed E-state index contributed by atoms with van der Waals surface area (Å²) in [4.78, 5) is 12.0. The van der Waals surface area contributed by atoms with Gasteiger partial charge >= 0.3 is 0 Å². The second-order valence-electron chi connectivity index (χ2n) is 4.82. The maximum atomic E-state index is 12.0. The van der Waals surface area contributed by atoms with Crippen molar-refractivity contribution in [1.29, 1.82) is 5.26 Å². The van der Waals surface area contributed by atoms with Gasteiger partial charge in [-0.15, -0.1) is 0 Å². The van der Waals surface area contributed by atoms with E-state index in [-0.39, 0.29) is 5.91 Å². The molecule has 2 rings (SSSR count). The van der Waals surface area contributed by atoms with Crippen LogP contribution in [-0.4, -0.2) is 12.5 Å². The first-order chi connectivity index (χ1) is 8.53. The summed E-state index contributed by atoms with van der Waals surface area (Å²) >= 11 is 0. The Morgan fingerprint density at radius 3 is 2.89 bits per heavy atom. The molecule has 0 bridgehead atoms. The van der Waals surface area contributed by atoms with Crippen molar-refractivity contribution in [2.24, 2.45) is 5.41 Å². The topological polar surface area (TPSA) is 66.0 Å². The minimum absolute atomic E-state index is 0.219. The Labute approximate surface area is 105 Å². The predicted octanol–water partition coefficient (Wildman–Crippen LogP) is 2.71. The number of carbonyl (C=O) groups is 1. The van der Waals surface area contributed by atoms with Crippen molar-refractivity contribution in [3.63, 3.8) is 0 Å². The highest BCUT2D eigenvalue weighted by Crippen LogP contribution is 2.20. The van der Waals surface area contributed by atoms with Gasteiger partial charge in [0.05, 0.1) is 17.0 Å². The lowest BCUT2D eigenvalue weighted by Crippen LogP contribution is -2.32. The van der Waals surface area contributed by atoms with Crippen molar-refractivity contribution in [3.05, 3.63) is 36.1 Å². The molecular weight excluding hydrogens is 228 g/mol. The monoisotopic (exact) mass is 242 g/mol. The van der Waals surface area contributed by atoms with Gasteiger partial charge in [-0.3, -0.25) is 4.79 Å². The summed E-state index contributed by atoms with van der Waals surface area (Å²) in [5.41, 5.74) is 0.608. The molecule has 92 valence electrons. The van der Waals surface area contributed by atoms with Crippen molar-refractivity contribution in [2.75, 3.05) is 6.54 Å². The fraction of sp³-hybridized carbons (Fsp3) is 0.286. The highest BCUT2D eigenvalue weighted by atomic mass is 16.3. The summed E-state index contributed by atoms with van der Waals surface area (Å²) in [6.07, 6.45) is 1.44. The Morgan fingerprint density at radius 1 is 1.44 bits per heavy atom. The number of hydrogen-bond donors (Lipinski definition) is 1. The predicted molar refractivity (Wildman–Crippen MR) is 67.9 cm³/mol. The molecule has 1 N–H and O–H groups in total. The van der Waals surface area contributed by atoms with Crippen LogP contribution in [0, 0.1) is 16.7 Å². The molecule has 2 aromatic rings. The van der Waals surface area contributed by atoms with Gasteiger partial charge in [-0.05, 0) is 19.9 Å². The first-order valence-electron chi connectivity index (χ1n) is 5.69. The van der Waals surface area contributed by atoms with Crippen molar-refractivity contribution in [1.82, 2.24) is 5.32 Å². The normalized spacial score (nSPS) is 11.2. The van der Waals surface area contributed by atoms with E-state index in [1.54, 1.807) is 13.8 Å². The van der Waals surface area contributed by atoms with Gasteiger partial charge in [0.1, 0.15) is 11.8 Å². The minimum Gasteiger partial charge on any atom is -0.463 e. The van der Waals surface area contributed by atoms with Crippen LogP contribution < -0.4 is 5.32 Å². The van der Waals surface area contributed by atoms with Crippen LogP contribution in [-0.2, 0) is 0 Å². The first-order valence-corrected chi connectivity index (χ1v) is 5.69. The van der Waals surface area contributed by atoms with Crippen LogP contribution in [0.1, 0.15) is 24.2 Å². The summed E-state index contributed by atoms with van der Waals surface area (Å²) < 4.78 is 5.30. The zero-order chi connectivity index (χ0) is 13.2. The molecule has 0 atom stereocenters. The molecule has 0 radical (unpaired) electrons. The highest BCUT2D eigenvalue weighted by Gasteiger charge is 2.19. The number of furan rings is 1. The van der Waals surface area contributed by atoms with Crippen molar-refractivity contribution >= 4 is 16.9 Å². The number of para-hydroxylation sites is 1. The Morgan fingerprint density at radius 2 is 2.17 bits per heavy atom. The molecular formula is C14H14N2O2. The number of rotatable bonds is 3. The van der Waals surface area contributed by atoms with Crippen LogP contribution in [0.15, 0.2) is 34.9 Å². The Kier molecular flexibility index (Phi) is 3.07. The van der Waals surface area contributed by atoms with E-state index in [2.05, 4.69) is 11.4 Å². The molecule has 0 unspecified atom stereocenters. The largest absolute Gasteiger partial charge is 0.463 e. The lowest BCUT2D eigenvalue weighted by Gasteiger charge is -2.15. The molecule has 1 amide bonds. The molecule has 4 heteroatoms. The molecule has 1 aromatic heterocycles. The fourth-order valence-corrected chi connectivity index (χ4v) is 1.59. The third-order valence-corrected chi connectivity index (χ3v) is 2.72. The number of benzene rings is 1. The third kappa shape index (κ3) is 2.35.